The van der Waals surface area contributed by atoms with E-state index in [-0.39, 0.29) is 12.8 Å². The number of unbranched alkanes of at least 4 members (excludes halogenated alkanes) is 16. The maximum Gasteiger partial charge on any atom is 0.306 e. The van der Waals surface area contributed by atoms with Crippen molar-refractivity contribution in [2.24, 2.45) is 0 Å². The van der Waals surface area contributed by atoms with Crippen molar-refractivity contribution in [2.45, 2.75) is 174 Å². The highest BCUT2D eigenvalue weighted by Gasteiger charge is 2.16. The molecule has 0 fully saturated rings. The minimum Gasteiger partial charge on any atom is -0.462 e. The Labute approximate surface area is 278 Å². The van der Waals surface area contributed by atoms with E-state index >= 15 is 0 Å². The molecule has 0 rings (SSSR count). The second-order valence-electron chi connectivity index (χ2n) is 11.5. The monoisotopic (exact) mass is 622 g/mol. The van der Waals surface area contributed by atoms with Gasteiger partial charge in [0.05, 0.1) is 13.4 Å². The summed E-state index contributed by atoms with van der Waals surface area (Å²) in [6.45, 7) is -2.62. The molecule has 0 heterocycles. The Morgan fingerprint density at radius 1 is 0.591 bits per heavy atom. The van der Waals surface area contributed by atoms with Gasteiger partial charge in [0.1, 0.15) is 6.56 Å². The van der Waals surface area contributed by atoms with Crippen LogP contribution in [-0.2, 0) is 19.1 Å². The standard InChI is InChI=1S/C39H68O5/c1-3-5-7-9-11-13-15-17-19-21-23-25-27-29-31-33-38(41)43-36-37(35-40)44-39(42)34-32-30-28-26-24-22-20-18-16-14-12-10-8-6-4-2/h11-14,17-20,37,40H,3-10,15-16,21-36H2,1-2H3/b13-11-,14-12-,19-17-,20-18-/i35D2,36D2,37D. The number of carbonyl (C=O) groups is 2. The number of allylic oxidation sites excluding steroid dienone is 8. The molecule has 254 valence electrons. The molecule has 0 aromatic rings. The lowest BCUT2D eigenvalue weighted by atomic mass is 10.1. The van der Waals surface area contributed by atoms with Gasteiger partial charge in [0.2, 0.25) is 0 Å². The predicted octanol–water partition coefficient (Wildman–Crippen LogP) is 11.1. The fourth-order valence-electron chi connectivity index (χ4n) is 4.55. The molecule has 0 amide bonds. The topological polar surface area (TPSA) is 72.8 Å². The van der Waals surface area contributed by atoms with Crippen LogP contribution in [0.25, 0.3) is 0 Å². The third-order valence-electron chi connectivity index (χ3n) is 7.24. The van der Waals surface area contributed by atoms with E-state index in [1.54, 1.807) is 0 Å². The molecular formula is C39H68O5. The fourth-order valence-corrected chi connectivity index (χ4v) is 4.55. The number of esters is 2. The summed E-state index contributed by atoms with van der Waals surface area (Å²) in [5, 5.41) is 9.97. The van der Waals surface area contributed by atoms with Crippen molar-refractivity contribution in [1.29, 1.82) is 0 Å². The third kappa shape index (κ3) is 32.8. The number of hydrogen-bond donors (Lipinski definition) is 1. The van der Waals surface area contributed by atoms with Gasteiger partial charge >= 0.3 is 11.9 Å². The zero-order chi connectivity index (χ0) is 36.7. The summed E-state index contributed by atoms with van der Waals surface area (Å²) in [5.74, 6) is -2.02. The van der Waals surface area contributed by atoms with E-state index in [0.717, 1.165) is 83.5 Å². The van der Waals surface area contributed by atoms with Crippen LogP contribution < -0.4 is 0 Å². The van der Waals surface area contributed by atoms with E-state index in [1.165, 1.54) is 38.5 Å². The highest BCUT2D eigenvalue weighted by molar-refractivity contribution is 5.70. The molecule has 0 aliphatic heterocycles. The van der Waals surface area contributed by atoms with Gasteiger partial charge in [0.15, 0.2) is 6.08 Å². The zero-order valence-corrected chi connectivity index (χ0v) is 28.2. The molecule has 0 saturated heterocycles. The first kappa shape index (κ1) is 33.2. The lowest BCUT2D eigenvalue weighted by Crippen LogP contribution is -2.28. The molecule has 0 spiro atoms. The minimum absolute atomic E-state index is 0.131. The molecule has 0 saturated carbocycles. The van der Waals surface area contributed by atoms with Gasteiger partial charge in [-0.1, -0.05) is 127 Å². The molecule has 1 N–H and O–H groups in total. The average Bonchev–Trinajstić information content (AvgIpc) is 3.03. The number of aliphatic hydroxyl groups is 1. The van der Waals surface area contributed by atoms with Gasteiger partial charge in [-0.15, -0.1) is 0 Å². The highest BCUT2D eigenvalue weighted by Crippen LogP contribution is 2.11. The van der Waals surface area contributed by atoms with Gasteiger partial charge in [-0.2, -0.15) is 0 Å². The summed E-state index contributed by atoms with van der Waals surface area (Å²) in [4.78, 5) is 24.8. The Balaban J connectivity index is 4.30. The number of rotatable bonds is 32. The molecule has 1 unspecified atom stereocenters. The molecule has 0 aliphatic carbocycles. The van der Waals surface area contributed by atoms with Crippen LogP contribution in [-0.4, -0.2) is 36.2 Å². The first-order chi connectivity index (χ1) is 23.4. The summed E-state index contributed by atoms with van der Waals surface area (Å²) in [7, 11) is 0. The summed E-state index contributed by atoms with van der Waals surface area (Å²) in [5.41, 5.74) is 0. The van der Waals surface area contributed by atoms with Crippen molar-refractivity contribution < 1.29 is 31.0 Å². The van der Waals surface area contributed by atoms with Crippen LogP contribution in [0.2, 0.25) is 0 Å². The van der Waals surface area contributed by atoms with Crippen LogP contribution in [0, 0.1) is 0 Å². The quantitative estimate of drug-likeness (QED) is 0.0459. The van der Waals surface area contributed by atoms with Crippen LogP contribution in [0.15, 0.2) is 48.6 Å². The number of ether oxygens (including phenoxy) is 2. The lowest BCUT2D eigenvalue weighted by Gasteiger charge is -2.15. The highest BCUT2D eigenvalue weighted by atomic mass is 16.6. The molecule has 5 heteroatoms. The van der Waals surface area contributed by atoms with E-state index in [1.807, 2.05) is 0 Å². The van der Waals surface area contributed by atoms with E-state index in [4.69, 9.17) is 16.3 Å². The smallest absolute Gasteiger partial charge is 0.306 e. The molecule has 0 aliphatic rings. The second-order valence-corrected chi connectivity index (χ2v) is 11.5. The Morgan fingerprint density at radius 3 is 1.41 bits per heavy atom. The summed E-state index contributed by atoms with van der Waals surface area (Å²) in [6.07, 6.45) is 35.7. The Hall–Kier alpha value is -2.14. The maximum atomic E-state index is 12.5. The maximum absolute atomic E-state index is 12.5. The number of carbonyl (C=O) groups excluding carboxylic acids is 2. The SMILES string of the molecule is [2H]C([2H])(O)C([2H])(OC(=O)CCCCCCC/C=C\C/C=C\CCCCC)C([2H])([2H])OC(=O)CCCCCCC/C=C\C/C=C\CCCCC. The van der Waals surface area contributed by atoms with Crippen LogP contribution in [0.3, 0.4) is 0 Å². The average molecular weight is 622 g/mol. The van der Waals surface area contributed by atoms with E-state index in [0.29, 0.717) is 19.3 Å². The van der Waals surface area contributed by atoms with Crippen molar-refractivity contribution in [3.63, 3.8) is 0 Å². The van der Waals surface area contributed by atoms with Crippen molar-refractivity contribution in [2.75, 3.05) is 13.1 Å². The van der Waals surface area contributed by atoms with Crippen molar-refractivity contribution >= 4 is 11.9 Å². The third-order valence-corrected chi connectivity index (χ3v) is 7.24. The summed E-state index contributed by atoms with van der Waals surface area (Å²) < 4.78 is 49.3. The molecule has 44 heavy (non-hydrogen) atoms. The molecule has 0 bridgehead atoms. The Bertz CT molecular complexity index is 958. The van der Waals surface area contributed by atoms with Crippen LogP contribution >= 0.6 is 0 Å². The normalized spacial score (nSPS) is 15.8. The van der Waals surface area contributed by atoms with E-state index in [2.05, 4.69) is 62.5 Å². The fraction of sp³-hybridized carbons (Fsp3) is 0.744. The minimum atomic E-state index is -3.62. The largest absolute Gasteiger partial charge is 0.462 e. The molecule has 1 atom stereocenters. The van der Waals surface area contributed by atoms with E-state index in [9.17, 15) is 14.7 Å². The van der Waals surface area contributed by atoms with Gasteiger partial charge in [-0.05, 0) is 77.0 Å². The molecule has 5 nitrogen and oxygen atoms in total. The predicted molar refractivity (Wildman–Crippen MR) is 187 cm³/mol. The van der Waals surface area contributed by atoms with Gasteiger partial charge < -0.3 is 14.6 Å². The van der Waals surface area contributed by atoms with Gasteiger partial charge in [-0.3, -0.25) is 9.59 Å². The van der Waals surface area contributed by atoms with Gasteiger partial charge in [-0.25, -0.2) is 0 Å². The van der Waals surface area contributed by atoms with Gasteiger partial charge in [0.25, 0.3) is 0 Å². The first-order valence-corrected chi connectivity index (χ1v) is 17.7. The van der Waals surface area contributed by atoms with Crippen molar-refractivity contribution in [1.82, 2.24) is 0 Å². The molecule has 0 aromatic carbocycles. The van der Waals surface area contributed by atoms with Crippen LogP contribution in [0.4, 0.5) is 0 Å². The Kier molecular flexibility index (Phi) is 26.7. The second kappa shape index (κ2) is 35.3. The van der Waals surface area contributed by atoms with Crippen molar-refractivity contribution in [3.05, 3.63) is 48.6 Å². The molecular weight excluding hydrogens is 548 g/mol. The van der Waals surface area contributed by atoms with Crippen LogP contribution in [0.1, 0.15) is 175 Å². The Morgan fingerprint density at radius 2 is 0.977 bits per heavy atom. The van der Waals surface area contributed by atoms with Crippen molar-refractivity contribution in [3.8, 4) is 0 Å². The van der Waals surface area contributed by atoms with E-state index < -0.39 is 31.1 Å². The lowest BCUT2D eigenvalue weighted by molar-refractivity contribution is -0.161. The van der Waals surface area contributed by atoms with Crippen LogP contribution in [0.5, 0.6) is 0 Å². The molecule has 0 radical (unpaired) electrons. The first-order valence-electron chi connectivity index (χ1n) is 20.2. The summed E-state index contributed by atoms with van der Waals surface area (Å²) in [6, 6.07) is 0. The molecule has 0 aromatic heterocycles. The summed E-state index contributed by atoms with van der Waals surface area (Å²) >= 11 is 0. The van der Waals surface area contributed by atoms with Gasteiger partial charge in [0, 0.05) is 12.8 Å². The zero-order valence-electron chi connectivity index (χ0n) is 33.2. The number of hydrogen-bond acceptors (Lipinski definition) is 5.